The Labute approximate surface area is 108 Å². The maximum absolute atomic E-state index is 11.5. The van der Waals surface area contributed by atoms with Crippen LogP contribution in [-0.2, 0) is 4.79 Å². The number of anilines is 1. The summed E-state index contributed by atoms with van der Waals surface area (Å²) < 4.78 is 5.96. The molecular formula is C11H13BrClNO2. The van der Waals surface area contributed by atoms with E-state index in [9.17, 15) is 4.79 Å². The van der Waals surface area contributed by atoms with Gasteiger partial charge in [0.15, 0.2) is 0 Å². The smallest absolute Gasteiger partial charge is 0.224 e. The van der Waals surface area contributed by atoms with Crippen molar-refractivity contribution in [3.63, 3.8) is 0 Å². The number of rotatable bonds is 5. The highest BCUT2D eigenvalue weighted by Crippen LogP contribution is 2.24. The quantitative estimate of drug-likeness (QED) is 0.847. The molecule has 3 nitrogen and oxygen atoms in total. The van der Waals surface area contributed by atoms with Crippen molar-refractivity contribution in [3.05, 3.63) is 22.7 Å². The molecule has 88 valence electrons. The van der Waals surface area contributed by atoms with E-state index in [2.05, 4.69) is 21.2 Å². The molecular weight excluding hydrogens is 293 g/mol. The average molecular weight is 307 g/mol. The maximum Gasteiger partial charge on any atom is 0.224 e. The Kier molecular flexibility index (Phi) is 5.63. The van der Waals surface area contributed by atoms with Crippen LogP contribution in [0.5, 0.6) is 5.75 Å². The summed E-state index contributed by atoms with van der Waals surface area (Å²) in [6, 6.07) is 5.42. The van der Waals surface area contributed by atoms with Crippen LogP contribution >= 0.6 is 27.5 Å². The molecule has 1 aromatic rings. The highest BCUT2D eigenvalue weighted by Gasteiger charge is 2.04. The van der Waals surface area contributed by atoms with Gasteiger partial charge in [0, 0.05) is 28.5 Å². The van der Waals surface area contributed by atoms with E-state index < -0.39 is 0 Å². The number of benzene rings is 1. The number of hydrogen-bond donors (Lipinski definition) is 1. The summed E-state index contributed by atoms with van der Waals surface area (Å²) in [5.74, 6) is 1.15. The standard InChI is InChI=1S/C11H13BrClNO2/c1-16-10-6-8(12)5-9(7-10)14-11(15)3-2-4-13/h5-7H,2-4H2,1H3,(H,14,15). The normalized spacial score (nSPS) is 9.94. The molecule has 1 rings (SSSR count). The third kappa shape index (κ3) is 4.41. The van der Waals surface area contributed by atoms with Crippen molar-refractivity contribution >= 4 is 39.1 Å². The van der Waals surface area contributed by atoms with Crippen LogP contribution in [0.15, 0.2) is 22.7 Å². The first kappa shape index (κ1) is 13.3. The first-order chi connectivity index (χ1) is 7.65. The van der Waals surface area contributed by atoms with Crippen LogP contribution in [-0.4, -0.2) is 18.9 Å². The van der Waals surface area contributed by atoms with Crippen molar-refractivity contribution < 1.29 is 9.53 Å². The van der Waals surface area contributed by atoms with Gasteiger partial charge in [-0.05, 0) is 18.6 Å². The van der Waals surface area contributed by atoms with Gasteiger partial charge < -0.3 is 10.1 Å². The molecule has 0 atom stereocenters. The molecule has 0 saturated carbocycles. The molecule has 0 fully saturated rings. The number of nitrogens with one attached hydrogen (secondary N) is 1. The Morgan fingerprint density at radius 3 is 2.88 bits per heavy atom. The summed E-state index contributed by atoms with van der Waals surface area (Å²) >= 11 is 8.86. The Balaban J connectivity index is 2.65. The molecule has 0 aliphatic carbocycles. The first-order valence-corrected chi connectivity index (χ1v) is 6.19. The van der Waals surface area contributed by atoms with E-state index in [1.54, 1.807) is 13.2 Å². The highest BCUT2D eigenvalue weighted by atomic mass is 79.9. The van der Waals surface area contributed by atoms with E-state index in [0.29, 0.717) is 30.2 Å². The van der Waals surface area contributed by atoms with E-state index in [1.165, 1.54) is 0 Å². The zero-order chi connectivity index (χ0) is 12.0. The topological polar surface area (TPSA) is 38.3 Å². The molecule has 0 radical (unpaired) electrons. The average Bonchev–Trinajstić information content (AvgIpc) is 2.25. The van der Waals surface area contributed by atoms with E-state index in [-0.39, 0.29) is 5.91 Å². The van der Waals surface area contributed by atoms with Crippen LogP contribution in [0.1, 0.15) is 12.8 Å². The number of ether oxygens (including phenoxy) is 1. The van der Waals surface area contributed by atoms with Gasteiger partial charge in [-0.15, -0.1) is 11.6 Å². The van der Waals surface area contributed by atoms with Crippen molar-refractivity contribution in [1.29, 1.82) is 0 Å². The van der Waals surface area contributed by atoms with Crippen LogP contribution in [0.25, 0.3) is 0 Å². The molecule has 0 aliphatic rings. The summed E-state index contributed by atoms with van der Waals surface area (Å²) in [6.07, 6.45) is 1.11. The van der Waals surface area contributed by atoms with Crippen molar-refractivity contribution in [2.24, 2.45) is 0 Å². The van der Waals surface area contributed by atoms with Gasteiger partial charge in [0.05, 0.1) is 7.11 Å². The lowest BCUT2D eigenvalue weighted by Gasteiger charge is -2.07. The first-order valence-electron chi connectivity index (χ1n) is 4.86. The second kappa shape index (κ2) is 6.76. The van der Waals surface area contributed by atoms with Crippen LogP contribution in [0.2, 0.25) is 0 Å². The molecule has 16 heavy (non-hydrogen) atoms. The van der Waals surface area contributed by atoms with Gasteiger partial charge in [-0.2, -0.15) is 0 Å². The Bertz CT molecular complexity index is 371. The third-order valence-corrected chi connectivity index (χ3v) is 2.65. The summed E-state index contributed by atoms with van der Waals surface area (Å²) in [6.45, 7) is 0. The number of carbonyl (C=O) groups excluding carboxylic acids is 1. The van der Waals surface area contributed by atoms with Crippen LogP contribution in [0.3, 0.4) is 0 Å². The monoisotopic (exact) mass is 305 g/mol. The molecule has 1 amide bonds. The molecule has 1 N–H and O–H groups in total. The minimum atomic E-state index is -0.0409. The lowest BCUT2D eigenvalue weighted by atomic mass is 10.2. The number of methoxy groups -OCH3 is 1. The Morgan fingerprint density at radius 1 is 1.50 bits per heavy atom. The van der Waals surface area contributed by atoms with Gasteiger partial charge in [0.2, 0.25) is 5.91 Å². The molecule has 0 bridgehead atoms. The lowest BCUT2D eigenvalue weighted by molar-refractivity contribution is -0.116. The fourth-order valence-corrected chi connectivity index (χ4v) is 1.81. The molecule has 0 aromatic heterocycles. The summed E-state index contributed by atoms with van der Waals surface area (Å²) in [5.41, 5.74) is 0.714. The maximum atomic E-state index is 11.5. The Hall–Kier alpha value is -0.740. The van der Waals surface area contributed by atoms with Crippen molar-refractivity contribution in [2.75, 3.05) is 18.3 Å². The third-order valence-electron chi connectivity index (χ3n) is 1.93. The zero-order valence-corrected chi connectivity index (χ0v) is 11.3. The minimum absolute atomic E-state index is 0.0409. The second-order valence-electron chi connectivity index (χ2n) is 3.22. The van der Waals surface area contributed by atoms with Gasteiger partial charge in [-0.25, -0.2) is 0 Å². The number of amides is 1. The van der Waals surface area contributed by atoms with Crippen molar-refractivity contribution in [3.8, 4) is 5.75 Å². The second-order valence-corrected chi connectivity index (χ2v) is 4.51. The van der Waals surface area contributed by atoms with Crippen molar-refractivity contribution in [2.45, 2.75) is 12.8 Å². The van der Waals surface area contributed by atoms with E-state index >= 15 is 0 Å². The van der Waals surface area contributed by atoms with E-state index in [0.717, 1.165) is 4.47 Å². The molecule has 5 heteroatoms. The molecule has 0 aliphatic heterocycles. The molecule has 0 heterocycles. The number of carbonyl (C=O) groups is 1. The van der Waals surface area contributed by atoms with Gasteiger partial charge in [-0.1, -0.05) is 15.9 Å². The van der Waals surface area contributed by atoms with Gasteiger partial charge in [0.1, 0.15) is 5.75 Å². The lowest BCUT2D eigenvalue weighted by Crippen LogP contribution is -2.11. The van der Waals surface area contributed by atoms with E-state index in [1.807, 2.05) is 12.1 Å². The Morgan fingerprint density at radius 2 is 2.25 bits per heavy atom. The van der Waals surface area contributed by atoms with E-state index in [4.69, 9.17) is 16.3 Å². The van der Waals surface area contributed by atoms with Gasteiger partial charge >= 0.3 is 0 Å². The van der Waals surface area contributed by atoms with Crippen LogP contribution in [0, 0.1) is 0 Å². The number of hydrogen-bond acceptors (Lipinski definition) is 2. The fraction of sp³-hybridized carbons (Fsp3) is 0.364. The molecule has 1 aromatic carbocycles. The number of alkyl halides is 1. The minimum Gasteiger partial charge on any atom is -0.497 e. The summed E-state index contributed by atoms with van der Waals surface area (Å²) in [4.78, 5) is 11.5. The van der Waals surface area contributed by atoms with Crippen LogP contribution in [0.4, 0.5) is 5.69 Å². The predicted molar refractivity (Wildman–Crippen MR) is 69.3 cm³/mol. The zero-order valence-electron chi connectivity index (χ0n) is 8.93. The summed E-state index contributed by atoms with van der Waals surface area (Å²) in [7, 11) is 1.58. The molecule has 0 spiro atoms. The summed E-state index contributed by atoms with van der Waals surface area (Å²) in [5, 5.41) is 2.78. The van der Waals surface area contributed by atoms with Gasteiger partial charge in [0.25, 0.3) is 0 Å². The molecule has 0 saturated heterocycles. The predicted octanol–water partition coefficient (Wildman–Crippen LogP) is 3.42. The van der Waals surface area contributed by atoms with Crippen LogP contribution < -0.4 is 10.1 Å². The molecule has 0 unspecified atom stereocenters. The highest BCUT2D eigenvalue weighted by molar-refractivity contribution is 9.10. The SMILES string of the molecule is COc1cc(Br)cc(NC(=O)CCCCl)c1. The fourth-order valence-electron chi connectivity index (χ4n) is 1.20. The number of halogens is 2. The van der Waals surface area contributed by atoms with Crippen molar-refractivity contribution in [1.82, 2.24) is 0 Å². The largest absolute Gasteiger partial charge is 0.497 e. The van der Waals surface area contributed by atoms with Gasteiger partial charge in [-0.3, -0.25) is 4.79 Å².